The smallest absolute Gasteiger partial charge is 0.340 e. The summed E-state index contributed by atoms with van der Waals surface area (Å²) >= 11 is 0.991. The summed E-state index contributed by atoms with van der Waals surface area (Å²) in [6.45, 7) is 2.90. The van der Waals surface area contributed by atoms with Crippen LogP contribution in [0.25, 0.3) is 10.1 Å². The van der Waals surface area contributed by atoms with E-state index < -0.39 is 23.9 Å². The number of rotatable bonds is 11. The van der Waals surface area contributed by atoms with Gasteiger partial charge in [-0.25, -0.2) is 8.42 Å². The molecule has 1 aromatic carbocycles. The lowest BCUT2D eigenvalue weighted by atomic mass is 10.1. The van der Waals surface area contributed by atoms with Crippen molar-refractivity contribution >= 4 is 39.0 Å². The van der Waals surface area contributed by atoms with Gasteiger partial charge in [-0.3, -0.25) is 4.57 Å². The summed E-state index contributed by atoms with van der Waals surface area (Å²) in [5.41, 5.74) is 11.5. The van der Waals surface area contributed by atoms with E-state index in [4.69, 9.17) is 30.7 Å². The fourth-order valence-corrected chi connectivity index (χ4v) is 6.47. The van der Waals surface area contributed by atoms with Gasteiger partial charge in [-0.05, 0) is 18.1 Å². The molecular formula is C15H24N3O7PS2. The lowest BCUT2D eigenvalue weighted by Crippen LogP contribution is -2.24. The van der Waals surface area contributed by atoms with Crippen molar-refractivity contribution < 1.29 is 32.2 Å². The zero-order chi connectivity index (χ0) is 20.9. The normalized spacial score (nSPS) is 12.5. The molecule has 2 rings (SSSR count). The third-order valence-corrected chi connectivity index (χ3v) is 7.57. The van der Waals surface area contributed by atoms with Gasteiger partial charge >= 0.3 is 7.60 Å². The van der Waals surface area contributed by atoms with E-state index in [-0.39, 0.29) is 17.4 Å². The average molecular weight is 453 g/mol. The molecule has 0 aliphatic rings. The van der Waals surface area contributed by atoms with Gasteiger partial charge in [-0.15, -0.1) is 11.3 Å². The van der Waals surface area contributed by atoms with Crippen LogP contribution in [0.5, 0.6) is 11.5 Å². The molecule has 13 heteroatoms. The number of fused-ring (bicyclic) bond motifs is 1. The number of sulfonamides is 1. The Bertz CT molecular complexity index is 972. The highest BCUT2D eigenvalue weighted by Crippen LogP contribution is 2.42. The number of aryl methyl sites for hydroxylation is 1. The molecule has 1 heterocycles. The Morgan fingerprint density at radius 1 is 1.14 bits per heavy atom. The van der Waals surface area contributed by atoms with Crippen molar-refractivity contribution in [2.24, 2.45) is 11.5 Å². The largest absolute Gasteiger partial charge is 0.488 e. The molecule has 158 valence electrons. The van der Waals surface area contributed by atoms with Crippen LogP contribution >= 0.6 is 18.9 Å². The van der Waals surface area contributed by atoms with Gasteiger partial charge in [0, 0.05) is 29.2 Å². The first-order valence-corrected chi connectivity index (χ1v) is 12.5. The predicted molar refractivity (Wildman–Crippen MR) is 108 cm³/mol. The van der Waals surface area contributed by atoms with Crippen LogP contribution in [0, 0.1) is 0 Å². The van der Waals surface area contributed by atoms with E-state index in [9.17, 15) is 13.0 Å². The molecular weight excluding hydrogens is 429 g/mol. The summed E-state index contributed by atoms with van der Waals surface area (Å²) in [5.74, 6) is 0.841. The molecule has 0 spiro atoms. The fraction of sp³-hybridized carbons (Fsp3) is 0.467. The zero-order valence-electron chi connectivity index (χ0n) is 15.3. The Hall–Kier alpha value is -1.24. The van der Waals surface area contributed by atoms with Gasteiger partial charge in [-0.2, -0.15) is 4.72 Å². The van der Waals surface area contributed by atoms with E-state index in [1.54, 1.807) is 19.1 Å². The van der Waals surface area contributed by atoms with E-state index in [0.717, 1.165) is 11.3 Å². The molecule has 0 bridgehead atoms. The fourth-order valence-electron chi connectivity index (χ4n) is 2.48. The maximum atomic E-state index is 12.6. The molecule has 7 N–H and O–H groups in total. The molecule has 0 unspecified atom stereocenters. The summed E-state index contributed by atoms with van der Waals surface area (Å²) < 4.78 is 50.1. The molecule has 0 radical (unpaired) electrons. The van der Waals surface area contributed by atoms with Crippen LogP contribution in [0.15, 0.2) is 16.3 Å². The van der Waals surface area contributed by atoms with E-state index >= 15 is 0 Å². The second-order valence-corrected chi connectivity index (χ2v) is 10.4. The Labute approximate surface area is 167 Å². The maximum absolute atomic E-state index is 12.6. The molecule has 0 saturated heterocycles. The maximum Gasteiger partial charge on any atom is 0.340 e. The Kier molecular flexibility index (Phi) is 7.82. The first-order valence-electron chi connectivity index (χ1n) is 8.42. The summed E-state index contributed by atoms with van der Waals surface area (Å²) in [6, 6.07) is 3.36. The second-order valence-electron chi connectivity index (χ2n) is 5.76. The van der Waals surface area contributed by atoms with Gasteiger partial charge in [0.1, 0.15) is 23.7 Å². The lowest BCUT2D eigenvalue weighted by molar-refractivity contribution is 0.278. The van der Waals surface area contributed by atoms with Gasteiger partial charge in [0.15, 0.2) is 11.5 Å². The van der Waals surface area contributed by atoms with Crippen LogP contribution in [0.4, 0.5) is 0 Å². The lowest BCUT2D eigenvalue weighted by Gasteiger charge is -2.12. The van der Waals surface area contributed by atoms with Crippen molar-refractivity contribution in [2.75, 3.05) is 32.6 Å². The number of hydrogen-bond acceptors (Lipinski definition) is 8. The summed E-state index contributed by atoms with van der Waals surface area (Å²) in [6.07, 6.45) is -0.575. The molecule has 2 aromatic rings. The van der Waals surface area contributed by atoms with Gasteiger partial charge in [-0.1, -0.05) is 6.92 Å². The minimum atomic E-state index is -4.53. The summed E-state index contributed by atoms with van der Waals surface area (Å²) in [7, 11) is -8.63. The van der Waals surface area contributed by atoms with Crippen molar-refractivity contribution in [1.82, 2.24) is 4.72 Å². The van der Waals surface area contributed by atoms with Crippen LogP contribution in [0.3, 0.4) is 0 Å². The molecule has 0 aliphatic carbocycles. The molecule has 10 nitrogen and oxygen atoms in total. The van der Waals surface area contributed by atoms with E-state index in [1.165, 1.54) is 0 Å². The van der Waals surface area contributed by atoms with Gasteiger partial charge in [0.05, 0.1) is 0 Å². The third-order valence-electron chi connectivity index (χ3n) is 3.63. The topological polar surface area (TPSA) is 174 Å². The van der Waals surface area contributed by atoms with Gasteiger partial charge in [0.25, 0.3) is 10.0 Å². The summed E-state index contributed by atoms with van der Waals surface area (Å²) in [4.78, 5) is 17.9. The highest BCUT2D eigenvalue weighted by molar-refractivity contribution is 7.92. The second kappa shape index (κ2) is 9.51. The van der Waals surface area contributed by atoms with Crippen molar-refractivity contribution in [2.45, 2.75) is 17.6 Å². The number of nitrogens with one attached hydrogen (secondary N) is 1. The number of hydrogen-bond donors (Lipinski definition) is 5. The highest BCUT2D eigenvalue weighted by Gasteiger charge is 2.27. The minimum Gasteiger partial charge on any atom is -0.488 e. The van der Waals surface area contributed by atoms with Crippen molar-refractivity contribution in [3.63, 3.8) is 0 Å². The number of ether oxygens (including phenoxy) is 2. The predicted octanol–water partition coefficient (Wildman–Crippen LogP) is 0.552. The van der Waals surface area contributed by atoms with Gasteiger partial charge < -0.3 is 30.7 Å². The molecule has 0 saturated carbocycles. The van der Waals surface area contributed by atoms with Crippen molar-refractivity contribution in [3.05, 3.63) is 17.7 Å². The molecule has 1 aromatic heterocycles. The van der Waals surface area contributed by atoms with Crippen LogP contribution in [0.2, 0.25) is 0 Å². The molecule has 0 aliphatic heterocycles. The van der Waals surface area contributed by atoms with Crippen LogP contribution in [-0.4, -0.2) is 50.8 Å². The number of thiophene rings is 1. The SMILES string of the molecule is CCc1c(S(=O)(=O)NCP(=O)(O)O)sc2cc(OCCN)c(OCCN)cc12. The first-order chi connectivity index (χ1) is 13.1. The highest BCUT2D eigenvalue weighted by atomic mass is 32.2. The number of nitrogens with two attached hydrogens (primary N) is 2. The number of benzene rings is 1. The molecule has 0 atom stereocenters. The average Bonchev–Trinajstić information content (AvgIpc) is 3.00. The minimum absolute atomic E-state index is 0.000741. The quantitative estimate of drug-likeness (QED) is 0.304. The Morgan fingerprint density at radius 2 is 1.71 bits per heavy atom. The van der Waals surface area contributed by atoms with E-state index in [1.807, 2.05) is 4.72 Å². The molecule has 0 amide bonds. The molecule has 28 heavy (non-hydrogen) atoms. The monoisotopic (exact) mass is 453 g/mol. The van der Waals surface area contributed by atoms with Crippen LogP contribution in [-0.2, 0) is 21.0 Å². The summed E-state index contributed by atoms with van der Waals surface area (Å²) in [5, 5.41) is 0.663. The Morgan fingerprint density at radius 3 is 2.21 bits per heavy atom. The third kappa shape index (κ3) is 5.65. The van der Waals surface area contributed by atoms with E-state index in [2.05, 4.69) is 0 Å². The van der Waals surface area contributed by atoms with Crippen LogP contribution in [0.1, 0.15) is 12.5 Å². The standard InChI is InChI=1S/C15H24N3O7PS2/c1-2-10-11-7-12(24-5-3-16)13(25-6-4-17)8-14(11)27-15(10)28(22,23)18-9-26(19,20)21/h7-8,18H,2-6,9,16-17H2,1H3,(H2,19,20,21). The first kappa shape index (κ1) is 23.0. The zero-order valence-corrected chi connectivity index (χ0v) is 17.8. The van der Waals surface area contributed by atoms with Gasteiger partial charge in [0.2, 0.25) is 0 Å². The Balaban J connectivity index is 2.55. The molecule has 0 fully saturated rings. The van der Waals surface area contributed by atoms with Crippen molar-refractivity contribution in [3.8, 4) is 11.5 Å². The van der Waals surface area contributed by atoms with Crippen LogP contribution < -0.4 is 25.7 Å². The van der Waals surface area contributed by atoms with E-state index in [0.29, 0.717) is 46.7 Å². The van der Waals surface area contributed by atoms with Crippen molar-refractivity contribution in [1.29, 1.82) is 0 Å².